The molecule has 1 aliphatic rings. The average molecular weight is 274 g/mol. The number of piperidine rings is 1. The molecule has 0 amide bonds. The molecule has 0 aliphatic carbocycles. The molecule has 3 atom stereocenters. The molecule has 0 spiro atoms. The molecule has 0 saturated carbocycles. The largest absolute Gasteiger partial charge is 0.319 e. The van der Waals surface area contributed by atoms with Gasteiger partial charge in [0.2, 0.25) is 0 Å². The second-order valence-corrected chi connectivity index (χ2v) is 6.91. The first-order valence-corrected chi connectivity index (χ1v) is 7.99. The van der Waals surface area contributed by atoms with Crippen LogP contribution in [0.4, 0.5) is 0 Å². The summed E-state index contributed by atoms with van der Waals surface area (Å²) >= 11 is 0. The van der Waals surface area contributed by atoms with Gasteiger partial charge in [0, 0.05) is 24.5 Å². The Kier molecular flexibility index (Phi) is 5.22. The zero-order valence-electron chi connectivity index (χ0n) is 13.5. The Hall–Kier alpha value is -0.860. The summed E-state index contributed by atoms with van der Waals surface area (Å²) < 4.78 is 0. The lowest BCUT2D eigenvalue weighted by molar-refractivity contribution is 0.102. The van der Waals surface area contributed by atoms with Crippen molar-refractivity contribution in [1.29, 1.82) is 0 Å². The van der Waals surface area contributed by atoms with Crippen LogP contribution < -0.4 is 5.32 Å². The predicted molar refractivity (Wildman–Crippen MR) is 87.2 cm³/mol. The molecule has 2 rings (SSSR count). The first-order chi connectivity index (χ1) is 9.55. The predicted octanol–water partition coefficient (Wildman–Crippen LogP) is 3.28. The molecule has 1 aliphatic heterocycles. The highest BCUT2D eigenvalue weighted by molar-refractivity contribution is 5.25. The molecule has 0 aromatic heterocycles. The van der Waals surface area contributed by atoms with E-state index in [1.165, 1.54) is 24.9 Å². The van der Waals surface area contributed by atoms with Gasteiger partial charge in [-0.25, -0.2) is 0 Å². The fourth-order valence-corrected chi connectivity index (χ4v) is 3.62. The van der Waals surface area contributed by atoms with E-state index in [0.717, 1.165) is 19.0 Å². The second kappa shape index (κ2) is 6.73. The summed E-state index contributed by atoms with van der Waals surface area (Å²) in [4.78, 5) is 2.68. The third kappa shape index (κ3) is 3.62. The summed E-state index contributed by atoms with van der Waals surface area (Å²) in [6.45, 7) is 10.6. The fraction of sp³-hybridized carbons (Fsp3) is 0.667. The standard InChI is InChI=1S/C18H30N2/c1-15-10-11-20(16(2)12-15)14-18(3,13-19-4)17-8-6-5-7-9-17/h5-9,15-16,19H,10-14H2,1-4H3. The molecule has 3 unspecified atom stereocenters. The maximum Gasteiger partial charge on any atom is 0.0177 e. The van der Waals surface area contributed by atoms with Crippen LogP contribution in [0.3, 0.4) is 0 Å². The van der Waals surface area contributed by atoms with Gasteiger partial charge in [-0.15, -0.1) is 0 Å². The van der Waals surface area contributed by atoms with Crippen molar-refractivity contribution in [3.8, 4) is 0 Å². The Morgan fingerprint density at radius 3 is 2.55 bits per heavy atom. The molecule has 0 bridgehead atoms. The molecule has 0 radical (unpaired) electrons. The van der Waals surface area contributed by atoms with Crippen LogP contribution in [0.2, 0.25) is 0 Å². The Morgan fingerprint density at radius 1 is 1.25 bits per heavy atom. The number of rotatable bonds is 5. The van der Waals surface area contributed by atoms with Crippen LogP contribution in [0, 0.1) is 5.92 Å². The average Bonchev–Trinajstić information content (AvgIpc) is 2.43. The van der Waals surface area contributed by atoms with Crippen molar-refractivity contribution in [2.75, 3.05) is 26.7 Å². The lowest BCUT2D eigenvalue weighted by Gasteiger charge is -2.42. The topological polar surface area (TPSA) is 15.3 Å². The lowest BCUT2D eigenvalue weighted by Crippen LogP contribution is -2.50. The number of nitrogens with one attached hydrogen (secondary N) is 1. The number of likely N-dealkylation sites (N-methyl/N-ethyl adjacent to an activating group) is 1. The molecular weight excluding hydrogens is 244 g/mol. The van der Waals surface area contributed by atoms with Crippen LogP contribution in [0.25, 0.3) is 0 Å². The summed E-state index contributed by atoms with van der Waals surface area (Å²) in [6.07, 6.45) is 2.68. The molecule has 1 aromatic rings. The van der Waals surface area contributed by atoms with E-state index in [-0.39, 0.29) is 5.41 Å². The summed E-state index contributed by atoms with van der Waals surface area (Å²) in [5.41, 5.74) is 1.63. The van der Waals surface area contributed by atoms with Gasteiger partial charge in [0.1, 0.15) is 0 Å². The first kappa shape index (κ1) is 15.5. The molecule has 1 saturated heterocycles. The number of hydrogen-bond donors (Lipinski definition) is 1. The van der Waals surface area contributed by atoms with Gasteiger partial charge in [-0.1, -0.05) is 44.2 Å². The molecule has 112 valence electrons. The molecule has 2 nitrogen and oxygen atoms in total. The van der Waals surface area contributed by atoms with Gasteiger partial charge >= 0.3 is 0 Å². The number of benzene rings is 1. The van der Waals surface area contributed by atoms with E-state index < -0.39 is 0 Å². The monoisotopic (exact) mass is 274 g/mol. The Morgan fingerprint density at radius 2 is 1.95 bits per heavy atom. The quantitative estimate of drug-likeness (QED) is 0.886. The van der Waals surface area contributed by atoms with Gasteiger partial charge in [-0.3, -0.25) is 4.90 Å². The van der Waals surface area contributed by atoms with E-state index in [1.54, 1.807) is 0 Å². The minimum atomic E-state index is 0.185. The van der Waals surface area contributed by atoms with Crippen molar-refractivity contribution in [3.05, 3.63) is 35.9 Å². The van der Waals surface area contributed by atoms with Gasteiger partial charge in [0.15, 0.2) is 0 Å². The van der Waals surface area contributed by atoms with Gasteiger partial charge in [-0.2, -0.15) is 0 Å². The van der Waals surface area contributed by atoms with Crippen LogP contribution in [-0.4, -0.2) is 37.6 Å². The minimum absolute atomic E-state index is 0.185. The highest BCUT2D eigenvalue weighted by Crippen LogP contribution is 2.29. The molecule has 1 aromatic carbocycles. The summed E-state index contributed by atoms with van der Waals surface area (Å²) in [7, 11) is 2.06. The van der Waals surface area contributed by atoms with Gasteiger partial charge in [0.25, 0.3) is 0 Å². The van der Waals surface area contributed by atoms with Gasteiger partial charge in [0.05, 0.1) is 0 Å². The van der Waals surface area contributed by atoms with Crippen LogP contribution in [0.15, 0.2) is 30.3 Å². The second-order valence-electron chi connectivity index (χ2n) is 6.91. The lowest BCUT2D eigenvalue weighted by atomic mass is 9.80. The van der Waals surface area contributed by atoms with Crippen molar-refractivity contribution in [2.24, 2.45) is 5.92 Å². The molecule has 1 fully saturated rings. The Balaban J connectivity index is 2.13. The molecular formula is C18H30N2. The number of likely N-dealkylation sites (tertiary alicyclic amines) is 1. The van der Waals surface area contributed by atoms with Gasteiger partial charge in [-0.05, 0) is 44.8 Å². The van der Waals surface area contributed by atoms with Gasteiger partial charge < -0.3 is 5.32 Å². The number of hydrogen-bond acceptors (Lipinski definition) is 2. The molecule has 2 heteroatoms. The first-order valence-electron chi connectivity index (χ1n) is 7.99. The Labute approximate surface area is 124 Å². The van der Waals surface area contributed by atoms with Crippen LogP contribution in [0.5, 0.6) is 0 Å². The van der Waals surface area contributed by atoms with E-state index in [2.05, 4.69) is 68.4 Å². The highest BCUT2D eigenvalue weighted by Gasteiger charge is 2.32. The number of nitrogens with zero attached hydrogens (tertiary/aromatic N) is 1. The van der Waals surface area contributed by atoms with Crippen molar-refractivity contribution >= 4 is 0 Å². The van der Waals surface area contributed by atoms with Crippen LogP contribution >= 0.6 is 0 Å². The highest BCUT2D eigenvalue weighted by atomic mass is 15.2. The van der Waals surface area contributed by atoms with E-state index in [0.29, 0.717) is 6.04 Å². The zero-order valence-corrected chi connectivity index (χ0v) is 13.5. The maximum absolute atomic E-state index is 3.39. The normalized spacial score (nSPS) is 27.2. The van der Waals surface area contributed by atoms with Crippen LogP contribution in [0.1, 0.15) is 39.2 Å². The summed E-state index contributed by atoms with van der Waals surface area (Å²) in [6, 6.07) is 11.7. The van der Waals surface area contributed by atoms with Crippen LogP contribution in [-0.2, 0) is 5.41 Å². The molecule has 20 heavy (non-hydrogen) atoms. The zero-order chi connectivity index (χ0) is 14.6. The van der Waals surface area contributed by atoms with E-state index >= 15 is 0 Å². The molecule has 1 N–H and O–H groups in total. The Bertz CT molecular complexity index is 403. The third-order valence-corrected chi connectivity index (χ3v) is 4.87. The van der Waals surface area contributed by atoms with Crippen molar-refractivity contribution in [3.63, 3.8) is 0 Å². The third-order valence-electron chi connectivity index (χ3n) is 4.87. The summed E-state index contributed by atoms with van der Waals surface area (Å²) in [5, 5.41) is 3.39. The SMILES string of the molecule is CNCC(C)(CN1CCC(C)CC1C)c1ccccc1. The fourth-order valence-electron chi connectivity index (χ4n) is 3.62. The van der Waals surface area contributed by atoms with Crippen molar-refractivity contribution in [2.45, 2.75) is 45.1 Å². The van der Waals surface area contributed by atoms with Crippen molar-refractivity contribution < 1.29 is 0 Å². The van der Waals surface area contributed by atoms with E-state index in [4.69, 9.17) is 0 Å². The van der Waals surface area contributed by atoms with Crippen molar-refractivity contribution in [1.82, 2.24) is 10.2 Å². The minimum Gasteiger partial charge on any atom is -0.319 e. The summed E-state index contributed by atoms with van der Waals surface area (Å²) in [5.74, 6) is 0.883. The molecule has 1 heterocycles. The smallest absolute Gasteiger partial charge is 0.0177 e. The maximum atomic E-state index is 3.39. The van der Waals surface area contributed by atoms with E-state index in [9.17, 15) is 0 Å². The van der Waals surface area contributed by atoms with E-state index in [1.807, 2.05) is 0 Å².